The van der Waals surface area contributed by atoms with Crippen LogP contribution >= 0.6 is 0 Å². The molecule has 0 bridgehead atoms. The van der Waals surface area contributed by atoms with Gasteiger partial charge in [-0.05, 0) is 59.8 Å². The molecule has 2 rings (SSSR count). The topological polar surface area (TPSA) is 9.23 Å². The smallest absolute Gasteiger partial charge is 0.114 e. The molecule has 1 aliphatic rings. The number of allylic oxidation sites excluding steroid dienone is 3. The first kappa shape index (κ1) is 22.3. The molecular weight excluding hydrogens is 316 g/mol. The summed E-state index contributed by atoms with van der Waals surface area (Å²) in [6.45, 7) is 21.3. The minimum Gasteiger partial charge on any atom is -0.497 e. The maximum absolute atomic E-state index is 5.38. The molecule has 26 heavy (non-hydrogen) atoms. The van der Waals surface area contributed by atoms with Gasteiger partial charge in [0.2, 0.25) is 0 Å². The Bertz CT molecular complexity index is 651. The van der Waals surface area contributed by atoms with E-state index in [1.165, 1.54) is 47.1 Å². The van der Waals surface area contributed by atoms with E-state index in [0.29, 0.717) is 5.92 Å². The third-order valence-electron chi connectivity index (χ3n) is 5.28. The van der Waals surface area contributed by atoms with Gasteiger partial charge in [0.05, 0.1) is 7.11 Å². The van der Waals surface area contributed by atoms with Gasteiger partial charge in [0.1, 0.15) is 5.76 Å². The molecule has 0 amide bonds. The SMILES string of the molecule is C=C(OC)/C(C)=C(/CC(=C)c1cccc(C(C)(C)C)c1)C1CCC1.CC. The van der Waals surface area contributed by atoms with E-state index in [1.807, 2.05) is 13.8 Å². The minimum absolute atomic E-state index is 0.156. The Morgan fingerprint density at radius 1 is 1.15 bits per heavy atom. The van der Waals surface area contributed by atoms with Gasteiger partial charge in [0.15, 0.2) is 0 Å². The molecule has 0 radical (unpaired) electrons. The highest BCUT2D eigenvalue weighted by molar-refractivity contribution is 5.67. The monoisotopic (exact) mass is 354 g/mol. The van der Waals surface area contributed by atoms with Crippen molar-refractivity contribution in [2.75, 3.05) is 7.11 Å². The molecule has 1 aromatic rings. The lowest BCUT2D eigenvalue weighted by Crippen LogP contribution is -2.16. The van der Waals surface area contributed by atoms with E-state index in [1.54, 1.807) is 7.11 Å². The van der Waals surface area contributed by atoms with Crippen molar-refractivity contribution in [3.05, 3.63) is 65.5 Å². The van der Waals surface area contributed by atoms with Crippen LogP contribution < -0.4 is 0 Å². The van der Waals surface area contributed by atoms with Gasteiger partial charge in [0.25, 0.3) is 0 Å². The maximum Gasteiger partial charge on any atom is 0.114 e. The lowest BCUT2D eigenvalue weighted by molar-refractivity contribution is 0.297. The van der Waals surface area contributed by atoms with Crippen LogP contribution in [0.1, 0.15) is 78.4 Å². The van der Waals surface area contributed by atoms with Crippen molar-refractivity contribution in [1.29, 1.82) is 0 Å². The van der Waals surface area contributed by atoms with Crippen molar-refractivity contribution in [2.45, 2.75) is 72.6 Å². The largest absolute Gasteiger partial charge is 0.497 e. The standard InChI is InChI=1S/C23H32O.C2H6/c1-16(20-12-9-13-21(15-20)23(4,5)6)14-22(19-10-8-11-19)17(2)18(3)24-7;1-2/h9,12-13,15,19H,1,3,8,10-11,14H2,2,4-7H3;1-2H3/b22-17-;. The number of hydrogen-bond acceptors (Lipinski definition) is 1. The second kappa shape index (κ2) is 9.80. The zero-order valence-corrected chi connectivity index (χ0v) is 18.0. The molecule has 1 fully saturated rings. The Hall–Kier alpha value is -1.76. The molecule has 144 valence electrons. The summed E-state index contributed by atoms with van der Waals surface area (Å²) in [6, 6.07) is 8.82. The molecule has 1 nitrogen and oxygen atoms in total. The fourth-order valence-corrected chi connectivity index (χ4v) is 3.21. The number of ether oxygens (including phenoxy) is 1. The van der Waals surface area contributed by atoms with E-state index in [-0.39, 0.29) is 5.41 Å². The average Bonchev–Trinajstić information content (AvgIpc) is 2.59. The summed E-state index contributed by atoms with van der Waals surface area (Å²) in [4.78, 5) is 0. The molecule has 1 heteroatoms. The lowest BCUT2D eigenvalue weighted by atomic mass is 9.75. The van der Waals surface area contributed by atoms with Crippen molar-refractivity contribution >= 4 is 5.57 Å². The predicted octanol–water partition coefficient (Wildman–Crippen LogP) is 7.69. The molecular formula is C25H38O. The molecule has 1 aliphatic carbocycles. The third-order valence-corrected chi connectivity index (χ3v) is 5.28. The van der Waals surface area contributed by atoms with Gasteiger partial charge >= 0.3 is 0 Å². The molecule has 0 spiro atoms. The zero-order chi connectivity index (χ0) is 19.9. The zero-order valence-electron chi connectivity index (χ0n) is 18.0. The fraction of sp³-hybridized carbons (Fsp3) is 0.520. The Balaban J connectivity index is 0.00000163. The van der Waals surface area contributed by atoms with Crippen LogP contribution in [0.5, 0.6) is 0 Å². The summed E-state index contributed by atoms with van der Waals surface area (Å²) in [5.41, 5.74) is 6.60. The van der Waals surface area contributed by atoms with Crippen LogP contribution in [0.3, 0.4) is 0 Å². The van der Waals surface area contributed by atoms with Crippen LogP contribution in [0.2, 0.25) is 0 Å². The molecule has 1 saturated carbocycles. The quantitative estimate of drug-likeness (QED) is 0.376. The van der Waals surface area contributed by atoms with E-state index >= 15 is 0 Å². The van der Waals surface area contributed by atoms with E-state index < -0.39 is 0 Å². The van der Waals surface area contributed by atoms with Gasteiger partial charge in [-0.1, -0.05) is 84.0 Å². The Morgan fingerprint density at radius 3 is 2.23 bits per heavy atom. The Kier molecular flexibility index (Phi) is 8.40. The van der Waals surface area contributed by atoms with Crippen molar-refractivity contribution in [3.63, 3.8) is 0 Å². The number of rotatable bonds is 6. The Labute approximate surface area is 161 Å². The first-order valence-corrected chi connectivity index (χ1v) is 9.95. The van der Waals surface area contributed by atoms with Crippen LogP contribution in [-0.4, -0.2) is 7.11 Å². The number of hydrogen-bond donors (Lipinski definition) is 0. The lowest BCUT2D eigenvalue weighted by Gasteiger charge is -2.31. The van der Waals surface area contributed by atoms with E-state index in [2.05, 4.69) is 65.1 Å². The first-order chi connectivity index (χ1) is 12.2. The Morgan fingerprint density at radius 2 is 1.77 bits per heavy atom. The van der Waals surface area contributed by atoms with Gasteiger partial charge < -0.3 is 4.74 Å². The average molecular weight is 355 g/mol. The highest BCUT2D eigenvalue weighted by Crippen LogP contribution is 2.40. The third kappa shape index (κ3) is 5.62. The van der Waals surface area contributed by atoms with Gasteiger partial charge in [-0.15, -0.1) is 0 Å². The molecule has 0 N–H and O–H groups in total. The summed E-state index contributed by atoms with van der Waals surface area (Å²) >= 11 is 0. The molecule has 1 aromatic carbocycles. The van der Waals surface area contributed by atoms with Gasteiger partial charge in [-0.2, -0.15) is 0 Å². The van der Waals surface area contributed by atoms with Crippen LogP contribution in [0.25, 0.3) is 5.57 Å². The van der Waals surface area contributed by atoms with Crippen LogP contribution in [0, 0.1) is 5.92 Å². The summed E-state index contributed by atoms with van der Waals surface area (Å²) < 4.78 is 5.38. The van der Waals surface area contributed by atoms with Crippen molar-refractivity contribution in [1.82, 2.24) is 0 Å². The van der Waals surface area contributed by atoms with Gasteiger partial charge in [-0.3, -0.25) is 0 Å². The second-order valence-electron chi connectivity index (χ2n) is 8.02. The predicted molar refractivity (Wildman–Crippen MR) is 116 cm³/mol. The number of methoxy groups -OCH3 is 1. The number of benzene rings is 1. The van der Waals surface area contributed by atoms with Gasteiger partial charge in [-0.25, -0.2) is 0 Å². The molecule has 0 saturated heterocycles. The molecule has 0 heterocycles. The molecule has 0 aromatic heterocycles. The molecule has 0 unspecified atom stereocenters. The van der Waals surface area contributed by atoms with E-state index in [4.69, 9.17) is 4.74 Å². The van der Waals surface area contributed by atoms with Crippen LogP contribution in [0.4, 0.5) is 0 Å². The second-order valence-corrected chi connectivity index (χ2v) is 8.02. The molecule has 0 aliphatic heterocycles. The summed E-state index contributed by atoms with van der Waals surface area (Å²) in [5, 5.41) is 0. The first-order valence-electron chi connectivity index (χ1n) is 9.95. The van der Waals surface area contributed by atoms with Crippen molar-refractivity contribution < 1.29 is 4.74 Å². The maximum atomic E-state index is 5.38. The summed E-state index contributed by atoms with van der Waals surface area (Å²) in [6.07, 6.45) is 4.79. The highest BCUT2D eigenvalue weighted by atomic mass is 16.5. The minimum atomic E-state index is 0.156. The van der Waals surface area contributed by atoms with Crippen molar-refractivity contribution in [2.24, 2.45) is 5.92 Å². The van der Waals surface area contributed by atoms with Crippen molar-refractivity contribution in [3.8, 4) is 0 Å². The van der Waals surface area contributed by atoms with Crippen LogP contribution in [-0.2, 0) is 10.2 Å². The molecule has 0 atom stereocenters. The van der Waals surface area contributed by atoms with Gasteiger partial charge in [0, 0.05) is 0 Å². The normalized spacial score (nSPS) is 15.2. The highest BCUT2D eigenvalue weighted by Gasteiger charge is 2.25. The van der Waals surface area contributed by atoms with Crippen LogP contribution in [0.15, 0.2) is 54.3 Å². The summed E-state index contributed by atoms with van der Waals surface area (Å²) in [5.74, 6) is 1.45. The van der Waals surface area contributed by atoms with E-state index in [9.17, 15) is 0 Å². The van der Waals surface area contributed by atoms with E-state index in [0.717, 1.165) is 12.2 Å². The fourth-order valence-electron chi connectivity index (χ4n) is 3.21. The summed E-state index contributed by atoms with van der Waals surface area (Å²) in [7, 11) is 1.70.